The number of rotatable bonds is 5. The Hall–Kier alpha value is -3.54. The number of hydrogen-bond acceptors (Lipinski definition) is 4. The summed E-state index contributed by atoms with van der Waals surface area (Å²) in [7, 11) is 0. The summed E-state index contributed by atoms with van der Waals surface area (Å²) < 4.78 is 5.04. The van der Waals surface area contributed by atoms with E-state index in [2.05, 4.69) is 10.6 Å². The summed E-state index contributed by atoms with van der Waals surface area (Å²) in [6.45, 7) is 4.04. The third kappa shape index (κ3) is 4.36. The molecule has 0 bridgehead atoms. The van der Waals surface area contributed by atoms with Crippen molar-refractivity contribution in [1.29, 1.82) is 0 Å². The molecule has 1 heterocycles. The highest BCUT2D eigenvalue weighted by atomic mass is 16.3. The van der Waals surface area contributed by atoms with Gasteiger partial charge in [0.15, 0.2) is 5.76 Å². The summed E-state index contributed by atoms with van der Waals surface area (Å²) in [5.74, 6) is -0.365. The van der Waals surface area contributed by atoms with E-state index >= 15 is 0 Å². The van der Waals surface area contributed by atoms with Gasteiger partial charge < -0.3 is 20.2 Å². The van der Waals surface area contributed by atoms with Crippen molar-refractivity contribution < 1.29 is 19.1 Å². The van der Waals surface area contributed by atoms with E-state index in [4.69, 9.17) is 4.42 Å². The van der Waals surface area contributed by atoms with Crippen LogP contribution in [0.1, 0.15) is 46.2 Å². The highest BCUT2D eigenvalue weighted by Gasteiger charge is 2.14. The van der Waals surface area contributed by atoms with Crippen LogP contribution >= 0.6 is 0 Å². The highest BCUT2D eigenvalue weighted by molar-refractivity contribution is 6.06. The van der Waals surface area contributed by atoms with Gasteiger partial charge >= 0.3 is 0 Å². The van der Waals surface area contributed by atoms with Crippen LogP contribution in [0.4, 0.5) is 11.4 Å². The zero-order valence-electron chi connectivity index (χ0n) is 15.0. The van der Waals surface area contributed by atoms with E-state index < -0.39 is 5.91 Å². The SMILES string of the molecule is CC(C)c1ccc(O)c(C(=O)Nc2ccc(NC(=O)c3ccco3)cc2)c1. The predicted molar refractivity (Wildman–Crippen MR) is 103 cm³/mol. The van der Waals surface area contributed by atoms with Gasteiger partial charge in [0.05, 0.1) is 11.8 Å². The van der Waals surface area contributed by atoms with Crippen LogP contribution < -0.4 is 10.6 Å². The van der Waals surface area contributed by atoms with E-state index in [0.717, 1.165) is 5.56 Å². The molecule has 0 aliphatic rings. The molecule has 3 rings (SSSR count). The number of furan rings is 1. The van der Waals surface area contributed by atoms with Gasteiger partial charge in [0, 0.05) is 11.4 Å². The van der Waals surface area contributed by atoms with Crippen LogP contribution in [0.2, 0.25) is 0 Å². The number of aromatic hydroxyl groups is 1. The Morgan fingerprint density at radius 2 is 1.56 bits per heavy atom. The van der Waals surface area contributed by atoms with Gasteiger partial charge in [-0.3, -0.25) is 9.59 Å². The minimum absolute atomic E-state index is 0.0702. The molecule has 138 valence electrons. The fraction of sp³-hybridized carbons (Fsp3) is 0.143. The van der Waals surface area contributed by atoms with Crippen LogP contribution in [0.25, 0.3) is 0 Å². The van der Waals surface area contributed by atoms with Crippen molar-refractivity contribution in [2.24, 2.45) is 0 Å². The summed E-state index contributed by atoms with van der Waals surface area (Å²) in [4.78, 5) is 24.4. The molecular formula is C21H20N2O4. The fourth-order valence-electron chi connectivity index (χ4n) is 2.53. The van der Waals surface area contributed by atoms with Crippen molar-refractivity contribution in [2.45, 2.75) is 19.8 Å². The molecule has 2 aromatic carbocycles. The molecule has 3 N–H and O–H groups in total. The van der Waals surface area contributed by atoms with Crippen molar-refractivity contribution in [3.05, 3.63) is 77.7 Å². The van der Waals surface area contributed by atoms with Crippen molar-refractivity contribution in [3.63, 3.8) is 0 Å². The smallest absolute Gasteiger partial charge is 0.291 e. The van der Waals surface area contributed by atoms with Crippen LogP contribution in [0.3, 0.4) is 0 Å². The Kier molecular flexibility index (Phi) is 5.26. The molecule has 6 heteroatoms. The monoisotopic (exact) mass is 364 g/mol. The standard InChI is InChI=1S/C21H20N2O4/c1-13(2)14-5-10-18(24)17(12-14)20(25)22-15-6-8-16(9-7-15)23-21(26)19-4-3-11-27-19/h3-13,24H,1-2H3,(H,22,25)(H,23,26). The van der Waals surface area contributed by atoms with Gasteiger partial charge in [0.1, 0.15) is 5.75 Å². The number of carbonyl (C=O) groups is 2. The van der Waals surface area contributed by atoms with Gasteiger partial charge in [-0.1, -0.05) is 19.9 Å². The zero-order valence-corrected chi connectivity index (χ0v) is 15.0. The number of carbonyl (C=O) groups excluding carboxylic acids is 2. The van der Waals surface area contributed by atoms with E-state index in [9.17, 15) is 14.7 Å². The minimum atomic E-state index is -0.401. The van der Waals surface area contributed by atoms with Crippen molar-refractivity contribution >= 4 is 23.2 Å². The lowest BCUT2D eigenvalue weighted by atomic mass is 10.00. The first-order valence-corrected chi connectivity index (χ1v) is 8.53. The van der Waals surface area contributed by atoms with Gasteiger partial charge in [-0.05, 0) is 60.0 Å². The second-order valence-corrected chi connectivity index (χ2v) is 6.39. The van der Waals surface area contributed by atoms with Crippen molar-refractivity contribution in [1.82, 2.24) is 0 Å². The Bertz CT molecular complexity index is 945. The van der Waals surface area contributed by atoms with Gasteiger partial charge in [0.25, 0.3) is 11.8 Å². The minimum Gasteiger partial charge on any atom is -0.507 e. The van der Waals surface area contributed by atoms with E-state index in [0.29, 0.717) is 11.4 Å². The maximum atomic E-state index is 12.5. The van der Waals surface area contributed by atoms with Crippen LogP contribution in [0.15, 0.2) is 65.3 Å². The molecule has 0 aliphatic carbocycles. The number of hydrogen-bond donors (Lipinski definition) is 3. The molecular weight excluding hydrogens is 344 g/mol. The normalized spacial score (nSPS) is 10.6. The Labute approximate surface area is 156 Å². The first kappa shape index (κ1) is 18.3. The summed E-state index contributed by atoms with van der Waals surface area (Å²) in [5.41, 5.74) is 2.30. The third-order valence-electron chi connectivity index (χ3n) is 4.08. The summed E-state index contributed by atoms with van der Waals surface area (Å²) in [6, 6.07) is 14.9. The first-order chi connectivity index (χ1) is 12.9. The van der Waals surface area contributed by atoms with Gasteiger partial charge in [0.2, 0.25) is 0 Å². The number of nitrogens with one attached hydrogen (secondary N) is 2. The van der Waals surface area contributed by atoms with E-state index in [-0.39, 0.29) is 28.9 Å². The molecule has 0 saturated carbocycles. The topological polar surface area (TPSA) is 91.6 Å². The molecule has 0 radical (unpaired) electrons. The molecule has 3 aromatic rings. The molecule has 0 spiro atoms. The van der Waals surface area contributed by atoms with Crippen molar-refractivity contribution in [2.75, 3.05) is 10.6 Å². The highest BCUT2D eigenvalue weighted by Crippen LogP contribution is 2.24. The maximum Gasteiger partial charge on any atom is 0.291 e. The quantitative estimate of drug-likeness (QED) is 0.616. The van der Waals surface area contributed by atoms with Crippen LogP contribution in [-0.4, -0.2) is 16.9 Å². The Morgan fingerprint density at radius 1 is 0.926 bits per heavy atom. The van der Waals surface area contributed by atoms with Crippen molar-refractivity contribution in [3.8, 4) is 5.75 Å². The molecule has 0 aliphatic heterocycles. The summed E-state index contributed by atoms with van der Waals surface area (Å²) in [5, 5.41) is 15.4. The number of anilines is 2. The Balaban J connectivity index is 1.68. The predicted octanol–water partition coefficient (Wildman–Crippen LogP) is 4.61. The lowest BCUT2D eigenvalue weighted by Gasteiger charge is -2.11. The summed E-state index contributed by atoms with van der Waals surface area (Å²) in [6.07, 6.45) is 1.43. The number of amides is 2. The molecule has 6 nitrogen and oxygen atoms in total. The largest absolute Gasteiger partial charge is 0.507 e. The van der Waals surface area contributed by atoms with Gasteiger partial charge in [-0.25, -0.2) is 0 Å². The number of phenols is 1. The number of phenolic OH excluding ortho intramolecular Hbond substituents is 1. The zero-order chi connectivity index (χ0) is 19.4. The van der Waals surface area contributed by atoms with E-state index in [1.54, 1.807) is 48.5 Å². The van der Waals surface area contributed by atoms with Gasteiger partial charge in [-0.2, -0.15) is 0 Å². The maximum absolute atomic E-state index is 12.5. The Morgan fingerprint density at radius 3 is 2.11 bits per heavy atom. The first-order valence-electron chi connectivity index (χ1n) is 8.53. The molecule has 0 atom stereocenters. The average Bonchev–Trinajstić information content (AvgIpc) is 3.18. The molecule has 2 amide bonds. The van der Waals surface area contributed by atoms with Crippen LogP contribution in [0.5, 0.6) is 5.75 Å². The van der Waals surface area contributed by atoms with Crippen LogP contribution in [0, 0.1) is 0 Å². The average molecular weight is 364 g/mol. The second-order valence-electron chi connectivity index (χ2n) is 6.39. The van der Waals surface area contributed by atoms with E-state index in [1.807, 2.05) is 13.8 Å². The second kappa shape index (κ2) is 7.78. The van der Waals surface area contributed by atoms with Crippen LogP contribution in [-0.2, 0) is 0 Å². The lowest BCUT2D eigenvalue weighted by Crippen LogP contribution is -2.13. The van der Waals surface area contributed by atoms with Gasteiger partial charge in [-0.15, -0.1) is 0 Å². The summed E-state index contributed by atoms with van der Waals surface area (Å²) >= 11 is 0. The van der Waals surface area contributed by atoms with E-state index in [1.165, 1.54) is 12.3 Å². The molecule has 27 heavy (non-hydrogen) atoms. The lowest BCUT2D eigenvalue weighted by molar-refractivity contribution is 0.0994. The fourth-order valence-corrected chi connectivity index (χ4v) is 2.53. The third-order valence-corrected chi connectivity index (χ3v) is 4.08. The molecule has 0 fully saturated rings. The number of benzene rings is 2. The molecule has 0 saturated heterocycles. The molecule has 1 aromatic heterocycles. The molecule has 0 unspecified atom stereocenters.